The molecule has 11 heteroatoms. The Morgan fingerprint density at radius 2 is 1.76 bits per heavy atom. The zero-order chi connectivity index (χ0) is 24.4. The van der Waals surface area contributed by atoms with Gasteiger partial charge in [-0.25, -0.2) is 4.79 Å². The second kappa shape index (κ2) is 8.27. The number of amides is 1. The minimum absolute atomic E-state index is 0.0439. The quantitative estimate of drug-likeness (QED) is 0.701. The summed E-state index contributed by atoms with van der Waals surface area (Å²) in [4.78, 5) is 45.9. The third-order valence-electron chi connectivity index (χ3n) is 6.90. The number of piperazine rings is 1. The topological polar surface area (TPSA) is 97.9 Å². The number of ether oxygens (including phenoxy) is 1. The van der Waals surface area contributed by atoms with E-state index in [2.05, 4.69) is 38.8 Å². The number of H-pyrrole nitrogens is 1. The number of nitrogens with one attached hydrogen (secondary N) is 1. The highest BCUT2D eigenvalue weighted by Crippen LogP contribution is 2.36. The molecule has 2 aromatic heterocycles. The zero-order valence-corrected chi connectivity index (χ0v) is 21.1. The number of hydrogen-bond donors (Lipinski definition) is 1. The first-order chi connectivity index (χ1) is 16.0. The van der Waals surface area contributed by atoms with Crippen LogP contribution in [0.2, 0.25) is 5.02 Å². The molecule has 184 valence electrons. The zero-order valence-electron chi connectivity index (χ0n) is 20.3. The summed E-state index contributed by atoms with van der Waals surface area (Å²) in [5, 5.41) is 0.820. The largest absolute Gasteiger partial charge is 0.444 e. The lowest BCUT2D eigenvalue weighted by molar-refractivity contribution is 0.0123. The van der Waals surface area contributed by atoms with Crippen LogP contribution >= 0.6 is 11.6 Å². The van der Waals surface area contributed by atoms with Gasteiger partial charge in [-0.15, -0.1) is 0 Å². The van der Waals surface area contributed by atoms with E-state index in [1.54, 1.807) is 6.07 Å². The molecule has 0 saturated carbocycles. The number of anilines is 2. The van der Waals surface area contributed by atoms with Crippen LogP contribution in [0.3, 0.4) is 0 Å². The highest BCUT2D eigenvalue weighted by Gasteiger charge is 2.45. The van der Waals surface area contributed by atoms with E-state index in [1.807, 2.05) is 25.7 Å². The Morgan fingerprint density at radius 1 is 1.12 bits per heavy atom. The van der Waals surface area contributed by atoms with E-state index in [9.17, 15) is 9.59 Å². The van der Waals surface area contributed by atoms with Crippen LogP contribution in [-0.2, 0) is 4.74 Å². The number of fused-ring (bicyclic) bond motifs is 3. The molecule has 3 aliphatic heterocycles. The van der Waals surface area contributed by atoms with Crippen LogP contribution in [0, 0.1) is 0 Å². The number of aromatic nitrogens is 3. The van der Waals surface area contributed by atoms with Crippen LogP contribution in [0.25, 0.3) is 11.0 Å². The number of likely N-dealkylation sites (N-methyl/N-ethyl adjacent to an activating group) is 1. The lowest BCUT2D eigenvalue weighted by Gasteiger charge is -2.44. The fourth-order valence-electron chi connectivity index (χ4n) is 5.05. The molecule has 1 N–H and O–H groups in total. The van der Waals surface area contributed by atoms with Crippen LogP contribution < -0.4 is 15.4 Å². The SMILES string of the molecule is CN(C)C1CN(c2nc(N3CC4CCC(C3)N4C(=O)OC(C)(C)C)c3cc(Cl)c(=O)[nH]c3n2)C1. The Hall–Kier alpha value is -2.59. The summed E-state index contributed by atoms with van der Waals surface area (Å²) < 4.78 is 5.68. The molecular formula is C23H32ClN7O3. The van der Waals surface area contributed by atoms with Gasteiger partial charge in [0.1, 0.15) is 22.1 Å². The predicted molar refractivity (Wildman–Crippen MR) is 132 cm³/mol. The molecule has 3 aliphatic rings. The second-order valence-electron chi connectivity index (χ2n) is 10.8. The lowest BCUT2D eigenvalue weighted by Crippen LogP contribution is -2.58. The maximum absolute atomic E-state index is 12.9. The summed E-state index contributed by atoms with van der Waals surface area (Å²) in [6.45, 7) is 8.59. The van der Waals surface area contributed by atoms with E-state index in [4.69, 9.17) is 21.3 Å². The van der Waals surface area contributed by atoms with Gasteiger partial charge in [-0.1, -0.05) is 11.6 Å². The van der Waals surface area contributed by atoms with Crippen LogP contribution in [0.1, 0.15) is 33.6 Å². The third-order valence-corrected chi connectivity index (χ3v) is 7.18. The minimum Gasteiger partial charge on any atom is -0.444 e. The Labute approximate surface area is 203 Å². The highest BCUT2D eigenvalue weighted by molar-refractivity contribution is 6.31. The Morgan fingerprint density at radius 3 is 2.35 bits per heavy atom. The number of carbonyl (C=O) groups is 1. The smallest absolute Gasteiger partial charge is 0.410 e. The molecule has 0 aromatic carbocycles. The number of halogens is 1. The molecule has 1 amide bonds. The van der Waals surface area contributed by atoms with Crippen LogP contribution in [0.4, 0.5) is 16.6 Å². The van der Waals surface area contributed by atoms with Gasteiger partial charge in [-0.2, -0.15) is 9.97 Å². The van der Waals surface area contributed by atoms with Crippen molar-refractivity contribution in [3.05, 3.63) is 21.4 Å². The fourth-order valence-corrected chi connectivity index (χ4v) is 5.21. The molecule has 0 spiro atoms. The number of carbonyl (C=O) groups excluding carboxylic acids is 1. The molecule has 5 rings (SSSR count). The van der Waals surface area contributed by atoms with Gasteiger partial charge in [0.2, 0.25) is 5.95 Å². The summed E-state index contributed by atoms with van der Waals surface area (Å²) >= 11 is 6.19. The average Bonchev–Trinajstić information content (AvgIpc) is 2.96. The van der Waals surface area contributed by atoms with Crippen molar-refractivity contribution in [2.75, 3.05) is 50.1 Å². The summed E-state index contributed by atoms with van der Waals surface area (Å²) in [7, 11) is 4.13. The molecule has 2 bridgehead atoms. The first-order valence-electron chi connectivity index (χ1n) is 11.8. The number of hydrogen-bond acceptors (Lipinski definition) is 8. The van der Waals surface area contributed by atoms with Gasteiger partial charge in [0.15, 0.2) is 0 Å². The Balaban J connectivity index is 1.47. The average molecular weight is 490 g/mol. The van der Waals surface area contributed by atoms with Gasteiger partial charge >= 0.3 is 6.09 Å². The van der Waals surface area contributed by atoms with E-state index in [-0.39, 0.29) is 28.8 Å². The number of rotatable bonds is 3. The van der Waals surface area contributed by atoms with Gasteiger partial charge in [0, 0.05) is 32.2 Å². The van der Waals surface area contributed by atoms with Crippen molar-refractivity contribution >= 4 is 40.5 Å². The maximum Gasteiger partial charge on any atom is 0.410 e. The second-order valence-corrected chi connectivity index (χ2v) is 11.2. The Bertz CT molecular complexity index is 1160. The van der Waals surface area contributed by atoms with E-state index in [0.717, 1.165) is 31.7 Å². The Kier molecular flexibility index (Phi) is 5.63. The summed E-state index contributed by atoms with van der Waals surface area (Å²) in [6, 6.07) is 2.18. The lowest BCUT2D eigenvalue weighted by atomic mass is 10.1. The minimum atomic E-state index is -0.532. The van der Waals surface area contributed by atoms with Crippen LogP contribution in [0.5, 0.6) is 0 Å². The van der Waals surface area contributed by atoms with E-state index in [1.165, 1.54) is 0 Å². The van der Waals surface area contributed by atoms with Crippen molar-refractivity contribution < 1.29 is 9.53 Å². The summed E-state index contributed by atoms with van der Waals surface area (Å²) in [5.74, 6) is 1.34. The first-order valence-corrected chi connectivity index (χ1v) is 12.2. The predicted octanol–water partition coefficient (Wildman–Crippen LogP) is 2.31. The molecular weight excluding hydrogens is 458 g/mol. The van der Waals surface area contributed by atoms with Crippen LogP contribution in [0.15, 0.2) is 10.9 Å². The number of aromatic amines is 1. The molecule has 0 aliphatic carbocycles. The van der Waals surface area contributed by atoms with Crippen molar-refractivity contribution in [1.82, 2.24) is 24.8 Å². The molecule has 2 atom stereocenters. The van der Waals surface area contributed by atoms with Gasteiger partial charge < -0.3 is 24.4 Å². The molecule has 2 aromatic rings. The molecule has 5 heterocycles. The maximum atomic E-state index is 12.9. The standard InChI is InChI=1S/C23H32ClN7O3/c1-23(2,3)34-22(33)31-13-6-7-14(31)10-29(9-13)19-16-8-17(24)20(32)25-18(16)26-21(27-19)30-11-15(12-30)28(4)5/h8,13-15H,6-7,9-12H2,1-5H3,(H,25,26,27,32). The molecule has 0 radical (unpaired) electrons. The van der Waals surface area contributed by atoms with Crippen molar-refractivity contribution in [2.45, 2.75) is 57.3 Å². The van der Waals surface area contributed by atoms with E-state index >= 15 is 0 Å². The number of pyridine rings is 1. The van der Waals surface area contributed by atoms with E-state index in [0.29, 0.717) is 36.1 Å². The van der Waals surface area contributed by atoms with E-state index < -0.39 is 5.60 Å². The molecule has 10 nitrogen and oxygen atoms in total. The van der Waals surface area contributed by atoms with Crippen molar-refractivity contribution in [2.24, 2.45) is 0 Å². The highest BCUT2D eigenvalue weighted by atomic mass is 35.5. The normalized spacial score (nSPS) is 23.1. The van der Waals surface area contributed by atoms with Gasteiger partial charge in [0.05, 0.1) is 17.5 Å². The fraction of sp³-hybridized carbons (Fsp3) is 0.652. The van der Waals surface area contributed by atoms with Crippen molar-refractivity contribution in [1.29, 1.82) is 0 Å². The van der Waals surface area contributed by atoms with Crippen molar-refractivity contribution in [3.8, 4) is 0 Å². The first kappa shape index (κ1) is 23.2. The summed E-state index contributed by atoms with van der Waals surface area (Å²) in [6.07, 6.45) is 1.59. The monoisotopic (exact) mass is 489 g/mol. The molecule has 3 saturated heterocycles. The molecule has 2 unspecified atom stereocenters. The van der Waals surface area contributed by atoms with Crippen LogP contribution in [-0.4, -0.2) is 94.8 Å². The third kappa shape index (κ3) is 4.17. The molecule has 3 fully saturated rings. The number of nitrogens with zero attached hydrogens (tertiary/aromatic N) is 6. The van der Waals surface area contributed by atoms with Gasteiger partial charge in [-0.3, -0.25) is 9.69 Å². The van der Waals surface area contributed by atoms with Gasteiger partial charge in [-0.05, 0) is 53.8 Å². The van der Waals surface area contributed by atoms with Gasteiger partial charge in [0.25, 0.3) is 5.56 Å². The summed E-state index contributed by atoms with van der Waals surface area (Å²) in [5.41, 5.74) is -0.422. The molecule has 34 heavy (non-hydrogen) atoms. The van der Waals surface area contributed by atoms with Crippen molar-refractivity contribution in [3.63, 3.8) is 0 Å².